The molecule has 190 valence electrons. The van der Waals surface area contributed by atoms with Crippen molar-refractivity contribution in [3.8, 4) is 22.9 Å². The van der Waals surface area contributed by atoms with E-state index >= 15 is 0 Å². The number of nitrogens with zero attached hydrogens (tertiary/aromatic N) is 3. The minimum Gasteiger partial charge on any atom is -0.507 e. The average molecular weight is 561 g/mol. The van der Waals surface area contributed by atoms with E-state index in [1.807, 2.05) is 12.1 Å². The van der Waals surface area contributed by atoms with Crippen molar-refractivity contribution >= 4 is 38.9 Å². The minimum atomic E-state index is -4.16. The molecular formula is C24H18Cl2N4O6S. The lowest BCUT2D eigenvalue weighted by Crippen LogP contribution is -2.35. The zero-order valence-corrected chi connectivity index (χ0v) is 21.4. The number of phenolic OH excluding ortho intramolecular Hbond substituents is 1. The van der Waals surface area contributed by atoms with Crippen LogP contribution in [0.25, 0.3) is 5.69 Å². The van der Waals surface area contributed by atoms with Gasteiger partial charge in [0.15, 0.2) is 5.75 Å². The molecule has 0 radical (unpaired) electrons. The van der Waals surface area contributed by atoms with Gasteiger partial charge in [-0.1, -0.05) is 41.4 Å². The van der Waals surface area contributed by atoms with Crippen LogP contribution in [0.4, 0.5) is 5.69 Å². The Morgan fingerprint density at radius 2 is 1.78 bits per heavy atom. The summed E-state index contributed by atoms with van der Waals surface area (Å²) < 4.78 is 35.2. The monoisotopic (exact) mass is 560 g/mol. The van der Waals surface area contributed by atoms with Crippen LogP contribution in [0.2, 0.25) is 10.0 Å². The molecule has 1 aromatic heterocycles. The third-order valence-electron chi connectivity index (χ3n) is 5.77. The fourth-order valence-electron chi connectivity index (χ4n) is 4.20. The highest BCUT2D eigenvalue weighted by Crippen LogP contribution is 2.42. The van der Waals surface area contributed by atoms with Crippen molar-refractivity contribution < 1.29 is 18.3 Å². The van der Waals surface area contributed by atoms with E-state index in [1.54, 1.807) is 19.1 Å². The van der Waals surface area contributed by atoms with Crippen LogP contribution in [0.15, 0.2) is 75.3 Å². The van der Waals surface area contributed by atoms with Crippen molar-refractivity contribution in [3.63, 3.8) is 0 Å². The SMILES string of the molecule is CC1Cc2ccccc2N1S(=O)(=O)c1cc(Oc2c(Cl)cc(-n3ncc(=O)[nH]c3=O)cc2Cl)ccc1O. The molecule has 37 heavy (non-hydrogen) atoms. The Bertz CT molecular complexity index is 1750. The summed E-state index contributed by atoms with van der Waals surface area (Å²) in [7, 11) is -4.16. The van der Waals surface area contributed by atoms with Crippen LogP contribution in [0, 0.1) is 0 Å². The van der Waals surface area contributed by atoms with Gasteiger partial charge >= 0.3 is 5.69 Å². The first-order chi connectivity index (χ1) is 17.6. The summed E-state index contributed by atoms with van der Waals surface area (Å²) >= 11 is 12.7. The van der Waals surface area contributed by atoms with E-state index in [0.29, 0.717) is 12.1 Å². The van der Waals surface area contributed by atoms with E-state index in [2.05, 4.69) is 10.1 Å². The van der Waals surface area contributed by atoms with Gasteiger partial charge in [-0.05, 0) is 49.2 Å². The second-order valence-corrected chi connectivity index (χ2v) is 10.9. The molecule has 1 aliphatic rings. The number of aromatic amines is 1. The highest BCUT2D eigenvalue weighted by atomic mass is 35.5. The summed E-state index contributed by atoms with van der Waals surface area (Å²) in [6.45, 7) is 1.79. The summed E-state index contributed by atoms with van der Waals surface area (Å²) in [5.41, 5.74) is 0.149. The molecule has 1 unspecified atom stereocenters. The van der Waals surface area contributed by atoms with Crippen LogP contribution < -0.4 is 20.3 Å². The Balaban J connectivity index is 1.51. The molecule has 0 amide bonds. The fraction of sp³-hybridized carbons (Fsp3) is 0.125. The van der Waals surface area contributed by atoms with Gasteiger partial charge in [-0.3, -0.25) is 14.1 Å². The summed E-state index contributed by atoms with van der Waals surface area (Å²) in [6.07, 6.45) is 1.46. The molecule has 5 rings (SSSR count). The van der Waals surface area contributed by atoms with Crippen LogP contribution in [-0.4, -0.2) is 34.3 Å². The van der Waals surface area contributed by atoms with Gasteiger partial charge in [0.2, 0.25) is 0 Å². The molecule has 3 aromatic carbocycles. The molecule has 10 nitrogen and oxygen atoms in total. The summed E-state index contributed by atoms with van der Waals surface area (Å²) in [5.74, 6) is -0.411. The molecule has 0 saturated carbocycles. The number of phenols is 1. The predicted molar refractivity (Wildman–Crippen MR) is 138 cm³/mol. The second-order valence-electron chi connectivity index (χ2n) is 8.30. The maximum Gasteiger partial charge on any atom is 0.349 e. The minimum absolute atomic E-state index is 0.0121. The summed E-state index contributed by atoms with van der Waals surface area (Å²) in [4.78, 5) is 25.1. The van der Waals surface area contributed by atoms with Crippen molar-refractivity contribution in [1.29, 1.82) is 0 Å². The number of hydrogen-bond acceptors (Lipinski definition) is 7. The van der Waals surface area contributed by atoms with Crippen molar-refractivity contribution in [3.05, 3.63) is 97.2 Å². The molecule has 0 spiro atoms. The molecular weight excluding hydrogens is 543 g/mol. The van der Waals surface area contributed by atoms with Crippen molar-refractivity contribution in [2.75, 3.05) is 4.31 Å². The van der Waals surface area contributed by atoms with E-state index in [9.17, 15) is 23.1 Å². The number of aromatic nitrogens is 3. The number of fused-ring (bicyclic) bond motifs is 1. The van der Waals surface area contributed by atoms with Gasteiger partial charge in [-0.25, -0.2) is 13.2 Å². The molecule has 1 aliphatic heterocycles. The second kappa shape index (κ2) is 9.25. The van der Waals surface area contributed by atoms with Crippen molar-refractivity contribution in [2.24, 2.45) is 0 Å². The van der Waals surface area contributed by atoms with Crippen LogP contribution in [0.5, 0.6) is 17.2 Å². The Labute approximate surface area is 220 Å². The number of para-hydroxylation sites is 1. The number of hydrogen-bond donors (Lipinski definition) is 2. The molecule has 0 saturated heterocycles. The lowest BCUT2D eigenvalue weighted by atomic mass is 10.1. The molecule has 1 atom stereocenters. The number of sulfonamides is 1. The fourth-order valence-corrected chi connectivity index (χ4v) is 6.54. The first-order valence-electron chi connectivity index (χ1n) is 10.9. The van der Waals surface area contributed by atoms with Gasteiger partial charge in [-0.15, -0.1) is 0 Å². The number of nitrogens with one attached hydrogen (secondary N) is 1. The van der Waals surface area contributed by atoms with Crippen LogP contribution >= 0.6 is 23.2 Å². The molecule has 0 aliphatic carbocycles. The van der Waals surface area contributed by atoms with Crippen molar-refractivity contribution in [1.82, 2.24) is 14.8 Å². The first kappa shape index (κ1) is 24.9. The lowest BCUT2D eigenvalue weighted by molar-refractivity contribution is 0.448. The number of rotatable bonds is 5. The zero-order chi connectivity index (χ0) is 26.5. The largest absolute Gasteiger partial charge is 0.507 e. The van der Waals surface area contributed by atoms with E-state index in [0.717, 1.165) is 16.4 Å². The highest BCUT2D eigenvalue weighted by Gasteiger charge is 2.37. The molecule has 0 fully saturated rings. The first-order valence-corrected chi connectivity index (χ1v) is 13.1. The number of anilines is 1. The number of benzene rings is 3. The number of ether oxygens (including phenoxy) is 1. The van der Waals surface area contributed by atoms with Gasteiger partial charge in [0.1, 0.15) is 22.6 Å². The molecule has 0 bridgehead atoms. The Morgan fingerprint density at radius 3 is 2.49 bits per heavy atom. The highest BCUT2D eigenvalue weighted by molar-refractivity contribution is 7.93. The van der Waals surface area contributed by atoms with E-state index in [-0.39, 0.29) is 38.2 Å². The predicted octanol–water partition coefficient (Wildman–Crippen LogP) is 3.87. The van der Waals surface area contributed by atoms with Gasteiger partial charge in [0.25, 0.3) is 15.6 Å². The maximum absolute atomic E-state index is 13.6. The number of halogens is 2. The normalized spacial score (nSPS) is 15.0. The van der Waals surface area contributed by atoms with Crippen LogP contribution in [0.1, 0.15) is 12.5 Å². The van der Waals surface area contributed by atoms with Gasteiger partial charge in [0.05, 0.1) is 21.4 Å². The molecule has 2 N–H and O–H groups in total. The van der Waals surface area contributed by atoms with Crippen LogP contribution in [-0.2, 0) is 16.4 Å². The van der Waals surface area contributed by atoms with Gasteiger partial charge < -0.3 is 9.84 Å². The Morgan fingerprint density at radius 1 is 1.08 bits per heavy atom. The third kappa shape index (κ3) is 4.45. The van der Waals surface area contributed by atoms with Gasteiger partial charge in [0, 0.05) is 12.1 Å². The molecule has 4 aromatic rings. The van der Waals surface area contributed by atoms with Crippen molar-refractivity contribution in [2.45, 2.75) is 24.3 Å². The quantitative estimate of drug-likeness (QED) is 0.378. The van der Waals surface area contributed by atoms with E-state index < -0.39 is 27.0 Å². The van der Waals surface area contributed by atoms with E-state index in [4.69, 9.17) is 27.9 Å². The number of H-pyrrole nitrogens is 1. The maximum atomic E-state index is 13.6. The average Bonchev–Trinajstić information content (AvgIpc) is 3.18. The zero-order valence-electron chi connectivity index (χ0n) is 19.1. The summed E-state index contributed by atoms with van der Waals surface area (Å²) in [6, 6.07) is 13.3. The molecule has 13 heteroatoms. The Kier molecular flexibility index (Phi) is 6.22. The Hall–Kier alpha value is -3.80. The molecule has 2 heterocycles. The third-order valence-corrected chi connectivity index (χ3v) is 8.29. The van der Waals surface area contributed by atoms with Gasteiger partial charge in [-0.2, -0.15) is 9.78 Å². The number of aromatic hydroxyl groups is 1. The topological polar surface area (TPSA) is 135 Å². The summed E-state index contributed by atoms with van der Waals surface area (Å²) in [5, 5.41) is 14.2. The smallest absolute Gasteiger partial charge is 0.349 e. The standard InChI is InChI=1S/C24H18Cl2N4O6S/c1-13-8-14-4-2-3-5-19(14)30(13)37(34,35)21-11-16(6-7-20(21)31)36-23-17(25)9-15(10-18(23)26)29-24(33)28-22(32)12-27-29/h2-7,9-13,31H,8H2,1H3,(H,28,32,33). The van der Waals surface area contributed by atoms with Crippen LogP contribution in [0.3, 0.4) is 0 Å². The lowest BCUT2D eigenvalue weighted by Gasteiger charge is -2.25. The van der Waals surface area contributed by atoms with E-state index in [1.165, 1.54) is 34.6 Å².